The van der Waals surface area contributed by atoms with Crippen LogP contribution in [0.15, 0.2) is 56.9 Å². The first kappa shape index (κ1) is 27.6. The van der Waals surface area contributed by atoms with E-state index in [1.165, 1.54) is 16.8 Å². The van der Waals surface area contributed by atoms with Gasteiger partial charge in [-0.2, -0.15) is 4.76 Å². The summed E-state index contributed by atoms with van der Waals surface area (Å²) in [6.07, 6.45) is 0.334. The highest BCUT2D eigenvalue weighted by molar-refractivity contribution is 7.53. The van der Waals surface area contributed by atoms with Gasteiger partial charge in [-0.15, -0.1) is 0 Å². The number of para-hydroxylation sites is 1. The van der Waals surface area contributed by atoms with Gasteiger partial charge < -0.3 is 14.0 Å². The van der Waals surface area contributed by atoms with Crippen molar-refractivity contribution < 1.29 is 27.9 Å². The van der Waals surface area contributed by atoms with Gasteiger partial charge in [0.1, 0.15) is 17.7 Å². The second-order valence-corrected chi connectivity index (χ2v) is 10.9. The molecule has 1 fully saturated rings. The fourth-order valence-electron chi connectivity index (χ4n) is 3.81. The van der Waals surface area contributed by atoms with Gasteiger partial charge in [0, 0.05) is 17.7 Å². The molecule has 1 aliphatic rings. The first-order chi connectivity index (χ1) is 16.9. The Hall–Kier alpha value is -3.01. The van der Waals surface area contributed by atoms with Crippen molar-refractivity contribution in [2.45, 2.75) is 65.9 Å². The van der Waals surface area contributed by atoms with Crippen molar-refractivity contribution in [2.24, 2.45) is 10.2 Å². The molecule has 12 heteroatoms. The van der Waals surface area contributed by atoms with E-state index in [1.54, 1.807) is 51.1 Å². The molecule has 0 radical (unpaired) electrons. The fraction of sp³-hybridized carbons (Fsp3) is 0.500. The zero-order chi connectivity index (χ0) is 26.5. The summed E-state index contributed by atoms with van der Waals surface area (Å²) in [4.78, 5) is 38.4. The van der Waals surface area contributed by atoms with Gasteiger partial charge in [-0.3, -0.25) is 18.9 Å². The van der Waals surface area contributed by atoms with Gasteiger partial charge in [0.05, 0.1) is 18.8 Å². The highest BCUT2D eigenvalue weighted by atomic mass is 31.2. The Bertz CT molecular complexity index is 1250. The Morgan fingerprint density at radius 3 is 2.56 bits per heavy atom. The van der Waals surface area contributed by atoms with Crippen molar-refractivity contribution in [1.29, 1.82) is 0 Å². The predicted octanol–water partition coefficient (Wildman–Crippen LogP) is 3.86. The Morgan fingerprint density at radius 1 is 1.25 bits per heavy atom. The minimum absolute atomic E-state index is 0.0756. The highest BCUT2D eigenvalue weighted by Crippen LogP contribution is 2.52. The van der Waals surface area contributed by atoms with Crippen molar-refractivity contribution in [3.63, 3.8) is 0 Å². The Labute approximate surface area is 209 Å². The fourth-order valence-corrected chi connectivity index (χ4v) is 5.22. The molecule has 2 aromatic rings. The second-order valence-electron chi connectivity index (χ2n) is 9.34. The number of rotatable bonds is 10. The van der Waals surface area contributed by atoms with Crippen LogP contribution in [0.3, 0.4) is 0 Å². The van der Waals surface area contributed by atoms with E-state index in [0.29, 0.717) is 6.42 Å². The first-order valence-electron chi connectivity index (χ1n) is 11.7. The second kappa shape index (κ2) is 11.4. The zero-order valence-electron chi connectivity index (χ0n) is 21.0. The minimum atomic E-state index is -4.22. The summed E-state index contributed by atoms with van der Waals surface area (Å²) >= 11 is 0. The average molecular weight is 522 g/mol. The van der Waals surface area contributed by atoms with Crippen LogP contribution in [0.1, 0.15) is 53.7 Å². The number of nitrogens with one attached hydrogen (secondary N) is 1. The number of hydrogen-bond donors (Lipinski definition) is 1. The molecule has 0 bridgehead atoms. The lowest BCUT2D eigenvalue weighted by atomic mass is 9.87. The number of hydrogen-bond acceptors (Lipinski definition) is 8. The van der Waals surface area contributed by atoms with Gasteiger partial charge >= 0.3 is 19.4 Å². The van der Waals surface area contributed by atoms with Crippen LogP contribution in [0, 0.1) is 5.41 Å². The molecule has 3 unspecified atom stereocenters. The molecule has 1 aromatic carbocycles. The maximum atomic E-state index is 13.7. The molecule has 0 saturated carbocycles. The largest absolute Gasteiger partial charge is 0.508 e. The molecular formula is C24H32N3O8P. The maximum Gasteiger partial charge on any atom is 0.508 e. The molecule has 0 amide bonds. The summed E-state index contributed by atoms with van der Waals surface area (Å²) in [6.45, 7) is 8.72. The van der Waals surface area contributed by atoms with E-state index in [2.05, 4.69) is 9.75 Å². The highest BCUT2D eigenvalue weighted by Gasteiger charge is 2.44. The maximum absolute atomic E-state index is 13.7. The monoisotopic (exact) mass is 521 g/mol. The lowest BCUT2D eigenvalue weighted by molar-refractivity contribution is -0.139. The molecule has 0 spiro atoms. The Morgan fingerprint density at radius 2 is 1.94 bits per heavy atom. The summed E-state index contributed by atoms with van der Waals surface area (Å²) in [5.74, 6) is -0.452. The summed E-state index contributed by atoms with van der Waals surface area (Å²) < 4.78 is 41.7. The normalized spacial score (nSPS) is 21.2. The average Bonchev–Trinajstić information content (AvgIpc) is 3.10. The van der Waals surface area contributed by atoms with E-state index in [1.807, 2.05) is 13.8 Å². The number of aromatic amines is 1. The molecular weight excluding hydrogens is 489 g/mol. The molecule has 1 N–H and O–H groups in total. The topological polar surface area (TPSA) is 138 Å². The van der Waals surface area contributed by atoms with E-state index in [-0.39, 0.29) is 30.6 Å². The van der Waals surface area contributed by atoms with Crippen molar-refractivity contribution >= 4 is 19.4 Å². The number of carbonyl (C=O) groups is 1. The smallest absolute Gasteiger partial charge is 0.458 e. The molecule has 1 aromatic heterocycles. The van der Waals surface area contributed by atoms with Gasteiger partial charge in [-0.1, -0.05) is 39.0 Å². The number of nitrogens with zero attached hydrogens (tertiary/aromatic N) is 2. The molecule has 3 atom stereocenters. The van der Waals surface area contributed by atoms with Gasteiger partial charge in [0.25, 0.3) is 5.56 Å². The van der Waals surface area contributed by atoms with Crippen LogP contribution in [0.5, 0.6) is 5.75 Å². The number of aromatic nitrogens is 2. The molecule has 36 heavy (non-hydrogen) atoms. The number of H-pyrrole nitrogens is 1. The van der Waals surface area contributed by atoms with Gasteiger partial charge in [0.15, 0.2) is 0 Å². The Kier molecular flexibility index (Phi) is 8.71. The minimum Gasteiger partial charge on any atom is -0.458 e. The van der Waals surface area contributed by atoms with Crippen molar-refractivity contribution in [3.8, 4) is 5.75 Å². The van der Waals surface area contributed by atoms with E-state index >= 15 is 0 Å². The number of esters is 1. The van der Waals surface area contributed by atoms with Crippen LogP contribution < -0.4 is 15.8 Å². The van der Waals surface area contributed by atoms with Crippen LogP contribution in [0.25, 0.3) is 0 Å². The first-order valence-corrected chi connectivity index (χ1v) is 13.2. The Balaban J connectivity index is 1.83. The van der Waals surface area contributed by atoms with Gasteiger partial charge in [-0.25, -0.2) is 14.2 Å². The third-order valence-corrected chi connectivity index (χ3v) is 6.79. The molecule has 0 aliphatic carbocycles. The van der Waals surface area contributed by atoms with Gasteiger partial charge in [0.2, 0.25) is 0 Å². The number of benzene rings is 1. The van der Waals surface area contributed by atoms with E-state index in [0.717, 1.165) is 0 Å². The molecule has 11 nitrogen and oxygen atoms in total. The van der Waals surface area contributed by atoms with E-state index in [9.17, 15) is 18.9 Å². The molecule has 2 heterocycles. The van der Waals surface area contributed by atoms with Crippen LogP contribution in [-0.2, 0) is 23.4 Å². The van der Waals surface area contributed by atoms with E-state index in [4.69, 9.17) is 18.5 Å². The van der Waals surface area contributed by atoms with Crippen LogP contribution in [0.4, 0.5) is 0 Å². The van der Waals surface area contributed by atoms with Gasteiger partial charge in [-0.05, 0) is 38.8 Å². The molecule has 196 valence electrons. The quantitative estimate of drug-likeness (QED) is 0.283. The zero-order valence-corrected chi connectivity index (χ0v) is 21.9. The van der Waals surface area contributed by atoms with Crippen LogP contribution >= 0.6 is 7.75 Å². The van der Waals surface area contributed by atoms with Crippen LogP contribution in [-0.4, -0.2) is 40.0 Å². The molecule has 3 rings (SSSR count). The van der Waals surface area contributed by atoms with E-state index < -0.39 is 42.7 Å². The standard InChI is InChI=1S/C24H32N3O8P/c1-6-19(21(29)33-16(2)3)26-36(31,35-17-10-8-7-9-11-17)32-15-18-14-24(4,5)22(34-18)27-13-12-20(28)25-23(27)30/h7-13,16,18,22H,6,14-15H2,1-5H3,(H,25,28,30). The lowest BCUT2D eigenvalue weighted by Crippen LogP contribution is -2.35. The summed E-state index contributed by atoms with van der Waals surface area (Å²) in [6, 6.07) is 9.60. The van der Waals surface area contributed by atoms with Crippen LogP contribution in [0.2, 0.25) is 0 Å². The molecule has 1 aliphatic heterocycles. The lowest BCUT2D eigenvalue weighted by Gasteiger charge is -2.26. The predicted molar refractivity (Wildman–Crippen MR) is 133 cm³/mol. The van der Waals surface area contributed by atoms with Crippen molar-refractivity contribution in [1.82, 2.24) is 9.55 Å². The SMILES string of the molecule is CCC(=NP(=O)(OCC1CC(C)(C)C(n2ccc(=O)[nH]c2=O)O1)Oc1ccccc1)C(=O)OC(C)C. The molecule has 1 saturated heterocycles. The number of carbonyl (C=O) groups excluding carboxylic acids is 1. The summed E-state index contributed by atoms with van der Waals surface area (Å²) in [5, 5.41) is 0. The van der Waals surface area contributed by atoms with Crippen molar-refractivity contribution in [2.75, 3.05) is 6.61 Å². The van der Waals surface area contributed by atoms with Crippen molar-refractivity contribution in [3.05, 3.63) is 63.4 Å². The summed E-state index contributed by atoms with van der Waals surface area (Å²) in [5.41, 5.74) is -1.69. The third kappa shape index (κ3) is 7.02. The summed E-state index contributed by atoms with van der Waals surface area (Å²) in [7, 11) is -4.22. The number of ether oxygens (including phenoxy) is 2. The third-order valence-electron chi connectivity index (χ3n) is 5.39.